The number of nitrogens with two attached hydrogens (primary N) is 1. The molecule has 1 aromatic carbocycles. The van der Waals surface area contributed by atoms with Crippen LogP contribution in [0.2, 0.25) is 5.02 Å². The van der Waals surface area contributed by atoms with E-state index in [2.05, 4.69) is 15.9 Å². The lowest BCUT2D eigenvalue weighted by atomic mass is 10.1. The van der Waals surface area contributed by atoms with Crippen molar-refractivity contribution in [2.75, 3.05) is 13.6 Å². The normalized spacial score (nSPS) is 12.0. The molecule has 1 atom stereocenters. The topological polar surface area (TPSA) is 46.3 Å². The summed E-state index contributed by atoms with van der Waals surface area (Å²) in [5.41, 5.74) is 6.08. The van der Waals surface area contributed by atoms with Gasteiger partial charge in [-0.2, -0.15) is 0 Å². The Kier molecular flexibility index (Phi) is 5.56. The molecule has 0 saturated heterocycles. The van der Waals surface area contributed by atoms with Gasteiger partial charge in [-0.1, -0.05) is 30.7 Å². The molecule has 1 unspecified atom stereocenters. The van der Waals surface area contributed by atoms with Crippen LogP contribution in [0.1, 0.15) is 17.3 Å². The highest BCUT2D eigenvalue weighted by atomic mass is 79.9. The summed E-state index contributed by atoms with van der Waals surface area (Å²) in [5, 5.41) is 0.511. The van der Waals surface area contributed by atoms with Crippen molar-refractivity contribution >= 4 is 50.6 Å². The molecule has 0 fully saturated rings. The first-order chi connectivity index (χ1) is 8.32. The third kappa shape index (κ3) is 3.93. The molecule has 0 aliphatic heterocycles. The molecule has 6 heteroatoms. The Morgan fingerprint density at radius 2 is 2.22 bits per heavy atom. The van der Waals surface area contributed by atoms with Crippen molar-refractivity contribution in [3.05, 3.63) is 33.3 Å². The molecular formula is C12H14BrClN2OS. The molecule has 0 aromatic heterocycles. The molecule has 1 rings (SSSR count). The van der Waals surface area contributed by atoms with Gasteiger partial charge in [0.05, 0.1) is 10.0 Å². The second-order valence-electron chi connectivity index (χ2n) is 4.12. The maximum Gasteiger partial charge on any atom is 0.253 e. The molecule has 3 nitrogen and oxygen atoms in total. The Morgan fingerprint density at radius 1 is 1.61 bits per heavy atom. The highest BCUT2D eigenvalue weighted by Gasteiger charge is 2.16. The molecule has 1 aromatic rings. The zero-order valence-electron chi connectivity index (χ0n) is 10.1. The SMILES string of the molecule is CC(CN(C)C(=O)c1ccc(Br)c(Cl)c1)C(N)=S. The lowest BCUT2D eigenvalue weighted by molar-refractivity contribution is 0.0787. The van der Waals surface area contributed by atoms with Crippen molar-refractivity contribution in [1.82, 2.24) is 4.90 Å². The molecule has 0 aliphatic rings. The van der Waals surface area contributed by atoms with E-state index in [1.165, 1.54) is 0 Å². The van der Waals surface area contributed by atoms with Crippen molar-refractivity contribution in [3.63, 3.8) is 0 Å². The quantitative estimate of drug-likeness (QED) is 0.850. The van der Waals surface area contributed by atoms with E-state index in [4.69, 9.17) is 29.6 Å². The van der Waals surface area contributed by atoms with Gasteiger partial charge in [0.2, 0.25) is 0 Å². The summed E-state index contributed by atoms with van der Waals surface area (Å²) in [6.07, 6.45) is 0. The van der Waals surface area contributed by atoms with Gasteiger partial charge < -0.3 is 10.6 Å². The standard InChI is InChI=1S/C12H14BrClN2OS/c1-7(11(15)18)6-16(2)12(17)8-3-4-9(13)10(14)5-8/h3-5,7H,6H2,1-2H3,(H2,15,18). The predicted octanol–water partition coefficient (Wildman–Crippen LogP) is 3.10. The molecule has 18 heavy (non-hydrogen) atoms. The molecule has 0 heterocycles. The summed E-state index contributed by atoms with van der Waals surface area (Å²) in [4.78, 5) is 14.1. The van der Waals surface area contributed by atoms with E-state index < -0.39 is 0 Å². The number of carbonyl (C=O) groups is 1. The highest BCUT2D eigenvalue weighted by Crippen LogP contribution is 2.23. The van der Waals surface area contributed by atoms with Crippen molar-refractivity contribution in [2.45, 2.75) is 6.92 Å². The largest absolute Gasteiger partial charge is 0.393 e. The Labute approximate surface area is 125 Å². The zero-order valence-corrected chi connectivity index (χ0v) is 13.3. The lowest BCUT2D eigenvalue weighted by Gasteiger charge is -2.21. The van der Waals surface area contributed by atoms with Gasteiger partial charge in [-0.05, 0) is 34.1 Å². The number of benzene rings is 1. The highest BCUT2D eigenvalue weighted by molar-refractivity contribution is 9.10. The van der Waals surface area contributed by atoms with Crippen LogP contribution < -0.4 is 5.73 Å². The zero-order chi connectivity index (χ0) is 13.9. The van der Waals surface area contributed by atoms with Gasteiger partial charge in [0, 0.05) is 29.5 Å². The monoisotopic (exact) mass is 348 g/mol. The summed E-state index contributed by atoms with van der Waals surface area (Å²) in [7, 11) is 1.72. The number of nitrogens with zero attached hydrogens (tertiary/aromatic N) is 1. The number of hydrogen-bond acceptors (Lipinski definition) is 2. The van der Waals surface area contributed by atoms with Crippen LogP contribution in [0.3, 0.4) is 0 Å². The molecule has 0 bridgehead atoms. The first kappa shape index (κ1) is 15.4. The van der Waals surface area contributed by atoms with Crippen molar-refractivity contribution in [2.24, 2.45) is 11.7 Å². The van der Waals surface area contributed by atoms with Gasteiger partial charge >= 0.3 is 0 Å². The van der Waals surface area contributed by atoms with Gasteiger partial charge in [0.25, 0.3) is 5.91 Å². The third-order valence-electron chi connectivity index (χ3n) is 2.55. The number of hydrogen-bond donors (Lipinski definition) is 1. The maximum absolute atomic E-state index is 12.1. The Bertz CT molecular complexity index is 481. The molecule has 0 radical (unpaired) electrons. The number of amides is 1. The van der Waals surface area contributed by atoms with Crippen molar-refractivity contribution in [3.8, 4) is 0 Å². The first-order valence-electron chi connectivity index (χ1n) is 5.32. The van der Waals surface area contributed by atoms with Crippen molar-refractivity contribution in [1.29, 1.82) is 0 Å². The summed E-state index contributed by atoms with van der Waals surface area (Å²) in [6, 6.07) is 5.11. The van der Waals surface area contributed by atoms with Gasteiger partial charge in [-0.3, -0.25) is 4.79 Å². The Morgan fingerprint density at radius 3 is 2.72 bits per heavy atom. The fraction of sp³-hybridized carbons (Fsp3) is 0.333. The maximum atomic E-state index is 12.1. The van der Waals surface area contributed by atoms with E-state index in [0.29, 0.717) is 22.1 Å². The van der Waals surface area contributed by atoms with Gasteiger partial charge in [-0.25, -0.2) is 0 Å². The summed E-state index contributed by atoms with van der Waals surface area (Å²) in [6.45, 7) is 2.38. The minimum atomic E-state index is -0.104. The third-order valence-corrected chi connectivity index (χ3v) is 4.18. The lowest BCUT2D eigenvalue weighted by Crippen LogP contribution is -2.35. The number of carbonyl (C=O) groups excluding carboxylic acids is 1. The minimum absolute atomic E-state index is 0.0140. The summed E-state index contributed by atoms with van der Waals surface area (Å²) >= 11 is 14.1. The molecule has 98 valence electrons. The van der Waals surface area contributed by atoms with Crippen LogP contribution in [0.5, 0.6) is 0 Å². The summed E-state index contributed by atoms with van der Waals surface area (Å²) < 4.78 is 0.764. The van der Waals surface area contributed by atoms with E-state index in [-0.39, 0.29) is 11.8 Å². The van der Waals surface area contributed by atoms with E-state index in [1.807, 2.05) is 6.92 Å². The number of thiocarbonyl (C=S) groups is 1. The molecule has 2 N–H and O–H groups in total. The smallest absolute Gasteiger partial charge is 0.253 e. The molecule has 0 saturated carbocycles. The Balaban J connectivity index is 2.80. The van der Waals surface area contributed by atoms with Crippen LogP contribution in [0.4, 0.5) is 0 Å². The molecular weight excluding hydrogens is 336 g/mol. The fourth-order valence-electron chi connectivity index (χ4n) is 1.43. The van der Waals surface area contributed by atoms with Gasteiger partial charge in [0.1, 0.15) is 0 Å². The minimum Gasteiger partial charge on any atom is -0.393 e. The average molecular weight is 350 g/mol. The Hall–Kier alpha value is -0.650. The van der Waals surface area contributed by atoms with Gasteiger partial charge in [-0.15, -0.1) is 0 Å². The molecule has 0 aliphatic carbocycles. The number of halogens is 2. The summed E-state index contributed by atoms with van der Waals surface area (Å²) in [5.74, 6) is -0.118. The van der Waals surface area contributed by atoms with Crippen LogP contribution in [-0.4, -0.2) is 29.4 Å². The van der Waals surface area contributed by atoms with E-state index >= 15 is 0 Å². The van der Waals surface area contributed by atoms with Crippen LogP contribution in [-0.2, 0) is 0 Å². The molecule has 0 spiro atoms. The van der Waals surface area contributed by atoms with Crippen LogP contribution in [0, 0.1) is 5.92 Å². The van der Waals surface area contributed by atoms with Crippen LogP contribution in [0.15, 0.2) is 22.7 Å². The predicted molar refractivity (Wildman–Crippen MR) is 82.1 cm³/mol. The second kappa shape index (κ2) is 6.50. The second-order valence-corrected chi connectivity index (χ2v) is 5.85. The molecule has 1 amide bonds. The number of rotatable bonds is 4. The van der Waals surface area contributed by atoms with Crippen LogP contribution in [0.25, 0.3) is 0 Å². The van der Waals surface area contributed by atoms with Crippen LogP contribution >= 0.6 is 39.7 Å². The van der Waals surface area contributed by atoms with E-state index in [9.17, 15) is 4.79 Å². The van der Waals surface area contributed by atoms with E-state index in [1.54, 1.807) is 30.1 Å². The first-order valence-corrected chi connectivity index (χ1v) is 6.90. The van der Waals surface area contributed by atoms with Gasteiger partial charge in [0.15, 0.2) is 0 Å². The average Bonchev–Trinajstić information content (AvgIpc) is 2.31. The van der Waals surface area contributed by atoms with Crippen molar-refractivity contribution < 1.29 is 4.79 Å². The van der Waals surface area contributed by atoms with E-state index in [0.717, 1.165) is 4.47 Å². The fourth-order valence-corrected chi connectivity index (χ4v) is 1.93.